The van der Waals surface area contributed by atoms with Crippen molar-refractivity contribution in [1.29, 1.82) is 0 Å². The molecule has 4 heteroatoms. The van der Waals surface area contributed by atoms with Crippen LogP contribution in [-0.2, 0) is 10.1 Å². The summed E-state index contributed by atoms with van der Waals surface area (Å²) >= 11 is 0. The number of hydrogen-bond donors (Lipinski definition) is 1. The summed E-state index contributed by atoms with van der Waals surface area (Å²) in [4.78, 5) is -0.0437. The molecular weight excluding hydrogens is 212 g/mol. The highest BCUT2D eigenvalue weighted by Crippen LogP contribution is 2.18. The Labute approximate surface area is 90.2 Å². The van der Waals surface area contributed by atoms with Gasteiger partial charge in [0.1, 0.15) is 4.90 Å². The first-order chi connectivity index (χ1) is 6.95. The molecule has 0 aliphatic heterocycles. The first-order valence-electron chi connectivity index (χ1n) is 4.70. The predicted molar refractivity (Wildman–Crippen MR) is 60.3 cm³/mol. The minimum absolute atomic E-state index is 0.0437. The summed E-state index contributed by atoms with van der Waals surface area (Å²) in [7, 11) is -4.13. The number of allylic oxidation sites excluding steroid dienone is 1. The van der Waals surface area contributed by atoms with Crippen molar-refractivity contribution < 1.29 is 13.0 Å². The van der Waals surface area contributed by atoms with E-state index in [-0.39, 0.29) is 4.90 Å². The maximum absolute atomic E-state index is 11.0. The fraction of sp³-hybridized carbons (Fsp3) is 0.273. The Bertz CT molecular complexity index is 473. The van der Waals surface area contributed by atoms with Gasteiger partial charge in [0.15, 0.2) is 0 Å². The van der Waals surface area contributed by atoms with Gasteiger partial charge in [-0.1, -0.05) is 36.8 Å². The van der Waals surface area contributed by atoms with Crippen LogP contribution in [0.15, 0.2) is 29.2 Å². The fourth-order valence-electron chi connectivity index (χ4n) is 1.28. The second-order valence-electron chi connectivity index (χ2n) is 3.33. The molecule has 1 rings (SSSR count). The maximum atomic E-state index is 11.0. The largest absolute Gasteiger partial charge is 0.295 e. The smallest absolute Gasteiger partial charge is 0.282 e. The molecule has 0 heterocycles. The van der Waals surface area contributed by atoms with Gasteiger partial charge in [-0.05, 0) is 25.0 Å². The van der Waals surface area contributed by atoms with Gasteiger partial charge in [-0.25, -0.2) is 0 Å². The van der Waals surface area contributed by atoms with Crippen LogP contribution in [0.25, 0.3) is 6.08 Å². The van der Waals surface area contributed by atoms with Crippen LogP contribution in [0, 0.1) is 6.92 Å². The lowest BCUT2D eigenvalue weighted by Crippen LogP contribution is -2.00. The molecule has 0 spiro atoms. The maximum Gasteiger partial charge on any atom is 0.295 e. The fourth-order valence-corrected chi connectivity index (χ4v) is 1.94. The van der Waals surface area contributed by atoms with Crippen molar-refractivity contribution in [2.75, 3.05) is 0 Å². The SMILES string of the molecule is CCC=Cc1cc(C)ccc1S(=O)(=O)O. The quantitative estimate of drug-likeness (QED) is 0.806. The Morgan fingerprint density at radius 3 is 2.60 bits per heavy atom. The summed E-state index contributed by atoms with van der Waals surface area (Å²) in [5.41, 5.74) is 1.48. The van der Waals surface area contributed by atoms with Crippen LogP contribution in [-0.4, -0.2) is 13.0 Å². The summed E-state index contributed by atoms with van der Waals surface area (Å²) < 4.78 is 31.1. The molecule has 0 aromatic heterocycles. The van der Waals surface area contributed by atoms with Crippen LogP contribution in [0.4, 0.5) is 0 Å². The van der Waals surface area contributed by atoms with Crippen molar-refractivity contribution >= 4 is 16.2 Å². The number of aryl methyl sites for hydroxylation is 1. The first kappa shape index (κ1) is 11.9. The van der Waals surface area contributed by atoms with Crippen molar-refractivity contribution in [3.63, 3.8) is 0 Å². The van der Waals surface area contributed by atoms with Gasteiger partial charge in [0.2, 0.25) is 0 Å². The Morgan fingerprint density at radius 2 is 2.07 bits per heavy atom. The minimum atomic E-state index is -4.13. The molecule has 0 atom stereocenters. The van der Waals surface area contributed by atoms with Crippen molar-refractivity contribution in [2.45, 2.75) is 25.2 Å². The summed E-state index contributed by atoms with van der Waals surface area (Å²) in [6, 6.07) is 4.81. The van der Waals surface area contributed by atoms with E-state index in [0.717, 1.165) is 12.0 Å². The van der Waals surface area contributed by atoms with Gasteiger partial charge in [0.25, 0.3) is 10.1 Å². The van der Waals surface area contributed by atoms with E-state index in [1.807, 2.05) is 19.9 Å². The number of benzene rings is 1. The van der Waals surface area contributed by atoms with Crippen molar-refractivity contribution in [3.05, 3.63) is 35.4 Å². The summed E-state index contributed by atoms with van der Waals surface area (Å²) in [5, 5.41) is 0. The van der Waals surface area contributed by atoms with Crippen LogP contribution < -0.4 is 0 Å². The molecule has 1 N–H and O–H groups in total. The summed E-state index contributed by atoms with van der Waals surface area (Å²) in [6.45, 7) is 3.83. The Morgan fingerprint density at radius 1 is 1.40 bits per heavy atom. The van der Waals surface area contributed by atoms with E-state index in [2.05, 4.69) is 0 Å². The average molecular weight is 226 g/mol. The molecular formula is C11H14O3S. The highest BCUT2D eigenvalue weighted by atomic mass is 32.2. The zero-order valence-corrected chi connectivity index (χ0v) is 9.58. The van der Waals surface area contributed by atoms with E-state index in [9.17, 15) is 8.42 Å². The van der Waals surface area contributed by atoms with Gasteiger partial charge in [-0.2, -0.15) is 8.42 Å². The number of hydrogen-bond acceptors (Lipinski definition) is 2. The lowest BCUT2D eigenvalue weighted by molar-refractivity contribution is 0.483. The van der Waals surface area contributed by atoms with Gasteiger partial charge < -0.3 is 0 Å². The summed E-state index contributed by atoms with van der Waals surface area (Å²) in [5.74, 6) is 0. The van der Waals surface area contributed by atoms with Crippen LogP contribution in [0.1, 0.15) is 24.5 Å². The van der Waals surface area contributed by atoms with Crippen molar-refractivity contribution in [1.82, 2.24) is 0 Å². The van der Waals surface area contributed by atoms with Crippen molar-refractivity contribution in [2.24, 2.45) is 0 Å². The highest BCUT2D eigenvalue weighted by Gasteiger charge is 2.13. The second-order valence-corrected chi connectivity index (χ2v) is 4.72. The standard InChI is InChI=1S/C11H14O3S/c1-3-4-5-10-8-9(2)6-7-11(10)15(12,13)14/h4-8H,3H2,1-2H3,(H,12,13,14). The van der Waals surface area contributed by atoms with Crippen LogP contribution in [0.5, 0.6) is 0 Å². The van der Waals surface area contributed by atoms with E-state index in [4.69, 9.17) is 4.55 Å². The second kappa shape index (κ2) is 4.59. The number of rotatable bonds is 3. The van der Waals surface area contributed by atoms with Gasteiger partial charge in [-0.3, -0.25) is 4.55 Å². The molecule has 3 nitrogen and oxygen atoms in total. The molecule has 0 aliphatic carbocycles. The molecule has 15 heavy (non-hydrogen) atoms. The van der Waals surface area contributed by atoms with Gasteiger partial charge in [-0.15, -0.1) is 0 Å². The zero-order chi connectivity index (χ0) is 11.5. The lowest BCUT2D eigenvalue weighted by Gasteiger charge is -2.03. The van der Waals surface area contributed by atoms with E-state index < -0.39 is 10.1 Å². The first-order valence-corrected chi connectivity index (χ1v) is 6.14. The molecule has 0 unspecified atom stereocenters. The minimum Gasteiger partial charge on any atom is -0.282 e. The Kier molecular flexibility index (Phi) is 3.66. The molecule has 0 saturated heterocycles. The van der Waals surface area contributed by atoms with E-state index in [1.165, 1.54) is 6.07 Å². The third kappa shape index (κ3) is 3.18. The van der Waals surface area contributed by atoms with Gasteiger partial charge in [0.05, 0.1) is 0 Å². The molecule has 0 bridgehead atoms. The molecule has 1 aromatic rings. The Balaban J connectivity index is 3.33. The molecule has 0 fully saturated rings. The molecule has 1 aromatic carbocycles. The average Bonchev–Trinajstić information content (AvgIpc) is 2.12. The Hall–Kier alpha value is -1.13. The highest BCUT2D eigenvalue weighted by molar-refractivity contribution is 7.85. The topological polar surface area (TPSA) is 54.4 Å². The van der Waals surface area contributed by atoms with Crippen molar-refractivity contribution in [3.8, 4) is 0 Å². The molecule has 0 aliphatic rings. The molecule has 0 radical (unpaired) electrons. The lowest BCUT2D eigenvalue weighted by atomic mass is 10.1. The predicted octanol–water partition coefficient (Wildman–Crippen LogP) is 2.66. The van der Waals surface area contributed by atoms with Gasteiger partial charge in [0, 0.05) is 0 Å². The third-order valence-corrected chi connectivity index (χ3v) is 2.90. The normalized spacial score (nSPS) is 12.2. The van der Waals surface area contributed by atoms with Crippen LogP contribution in [0.2, 0.25) is 0 Å². The molecule has 0 amide bonds. The third-order valence-electron chi connectivity index (χ3n) is 1.98. The molecule has 0 saturated carbocycles. The summed E-state index contributed by atoms with van der Waals surface area (Å²) in [6.07, 6.45) is 4.37. The van der Waals surface area contributed by atoms with Crippen LogP contribution in [0.3, 0.4) is 0 Å². The van der Waals surface area contributed by atoms with E-state index >= 15 is 0 Å². The van der Waals surface area contributed by atoms with E-state index in [1.54, 1.807) is 18.2 Å². The zero-order valence-electron chi connectivity index (χ0n) is 8.77. The molecule has 82 valence electrons. The monoisotopic (exact) mass is 226 g/mol. The van der Waals surface area contributed by atoms with Gasteiger partial charge >= 0.3 is 0 Å². The van der Waals surface area contributed by atoms with Crippen LogP contribution >= 0.6 is 0 Å². The van der Waals surface area contributed by atoms with E-state index in [0.29, 0.717) is 5.56 Å².